The van der Waals surface area contributed by atoms with E-state index in [0.717, 1.165) is 23.7 Å². The topological polar surface area (TPSA) is 12.0 Å². The second-order valence-corrected chi connectivity index (χ2v) is 6.63. The fourth-order valence-electron chi connectivity index (χ4n) is 5.22. The third-order valence-electron chi connectivity index (χ3n) is 5.58. The van der Waals surface area contributed by atoms with Crippen LogP contribution in [0.2, 0.25) is 0 Å². The van der Waals surface area contributed by atoms with Crippen LogP contribution in [0.5, 0.6) is 0 Å². The third-order valence-corrected chi connectivity index (χ3v) is 5.58. The molecule has 0 aromatic rings. The highest BCUT2D eigenvalue weighted by molar-refractivity contribution is 5.01. The minimum Gasteiger partial charge on any atom is -0.316 e. The number of hydrogen-bond donors (Lipinski definition) is 1. The summed E-state index contributed by atoms with van der Waals surface area (Å²) in [7, 11) is 0. The number of hydrogen-bond acceptors (Lipinski definition) is 1. The van der Waals surface area contributed by atoms with Crippen LogP contribution in [-0.4, -0.2) is 13.1 Å². The molecule has 1 saturated carbocycles. The summed E-state index contributed by atoms with van der Waals surface area (Å²) >= 11 is 0. The predicted molar refractivity (Wildman–Crippen MR) is 70.4 cm³/mol. The van der Waals surface area contributed by atoms with Crippen LogP contribution < -0.4 is 5.32 Å². The van der Waals surface area contributed by atoms with Gasteiger partial charge in [0.25, 0.3) is 0 Å². The highest BCUT2D eigenvalue weighted by Gasteiger charge is 2.51. The van der Waals surface area contributed by atoms with Crippen LogP contribution in [0.25, 0.3) is 0 Å². The highest BCUT2D eigenvalue weighted by atomic mass is 14.9. The first-order chi connectivity index (χ1) is 7.60. The van der Waals surface area contributed by atoms with E-state index in [-0.39, 0.29) is 0 Å². The van der Waals surface area contributed by atoms with Gasteiger partial charge in [0.1, 0.15) is 0 Å². The summed E-state index contributed by atoms with van der Waals surface area (Å²) in [5, 5.41) is 3.68. The van der Waals surface area contributed by atoms with Crippen molar-refractivity contribution in [1.29, 1.82) is 0 Å². The highest BCUT2D eigenvalue weighted by Crippen LogP contribution is 2.56. The van der Waals surface area contributed by atoms with Gasteiger partial charge in [-0.05, 0) is 61.4 Å². The number of nitrogens with one attached hydrogen (secondary N) is 1. The van der Waals surface area contributed by atoms with Crippen LogP contribution in [0.4, 0.5) is 0 Å². The van der Waals surface area contributed by atoms with Crippen molar-refractivity contribution in [2.75, 3.05) is 13.1 Å². The van der Waals surface area contributed by atoms with Gasteiger partial charge in [0.05, 0.1) is 0 Å². The Morgan fingerprint density at radius 3 is 2.19 bits per heavy atom. The lowest BCUT2D eigenvalue weighted by molar-refractivity contribution is -0.0570. The van der Waals surface area contributed by atoms with Crippen molar-refractivity contribution in [3.63, 3.8) is 0 Å². The molecular formula is C15H29N. The molecule has 1 heteroatoms. The minimum absolute atomic E-state index is 0.613. The molecule has 94 valence electrons. The Balaban J connectivity index is 2.38. The first-order valence-corrected chi connectivity index (χ1v) is 7.30. The number of rotatable bonds is 2. The van der Waals surface area contributed by atoms with Gasteiger partial charge in [-0.1, -0.05) is 34.1 Å². The molecule has 1 N–H and O–H groups in total. The maximum atomic E-state index is 3.68. The van der Waals surface area contributed by atoms with Crippen LogP contribution >= 0.6 is 0 Å². The second-order valence-electron chi connectivity index (χ2n) is 6.63. The summed E-state index contributed by atoms with van der Waals surface area (Å²) in [5.41, 5.74) is 0.613. The first kappa shape index (κ1) is 12.4. The summed E-state index contributed by atoms with van der Waals surface area (Å²) in [6.45, 7) is 12.4. The van der Waals surface area contributed by atoms with Crippen molar-refractivity contribution in [2.24, 2.45) is 29.1 Å². The summed E-state index contributed by atoms with van der Waals surface area (Å²) in [6, 6.07) is 0. The molecule has 2 atom stereocenters. The van der Waals surface area contributed by atoms with Gasteiger partial charge in [-0.25, -0.2) is 0 Å². The molecule has 16 heavy (non-hydrogen) atoms. The zero-order valence-corrected chi connectivity index (χ0v) is 11.6. The lowest BCUT2D eigenvalue weighted by atomic mass is 9.50. The van der Waals surface area contributed by atoms with Gasteiger partial charge in [0.15, 0.2) is 0 Å². The summed E-state index contributed by atoms with van der Waals surface area (Å²) < 4.78 is 0. The monoisotopic (exact) mass is 223 g/mol. The molecular weight excluding hydrogens is 194 g/mol. The Hall–Kier alpha value is -0.0400. The van der Waals surface area contributed by atoms with Crippen molar-refractivity contribution < 1.29 is 0 Å². The van der Waals surface area contributed by atoms with E-state index >= 15 is 0 Å². The van der Waals surface area contributed by atoms with Crippen molar-refractivity contribution in [3.8, 4) is 0 Å². The summed E-state index contributed by atoms with van der Waals surface area (Å²) in [5.74, 6) is 3.57. The molecule has 2 aliphatic rings. The van der Waals surface area contributed by atoms with Gasteiger partial charge in [0, 0.05) is 0 Å². The van der Waals surface area contributed by atoms with E-state index in [1.165, 1.54) is 38.8 Å². The lowest BCUT2D eigenvalue weighted by Crippen LogP contribution is -2.50. The van der Waals surface area contributed by atoms with E-state index in [2.05, 4.69) is 33.0 Å². The molecule has 1 heterocycles. The zero-order chi connectivity index (χ0) is 11.8. The molecule has 2 bridgehead atoms. The predicted octanol–water partition coefficient (Wildman–Crippen LogP) is 3.69. The summed E-state index contributed by atoms with van der Waals surface area (Å²) in [6.07, 6.45) is 5.82. The van der Waals surface area contributed by atoms with Gasteiger partial charge >= 0.3 is 0 Å². The average Bonchev–Trinajstić information content (AvgIpc) is 2.31. The Kier molecular flexibility index (Phi) is 3.63. The molecule has 2 rings (SSSR count). The van der Waals surface area contributed by atoms with Crippen molar-refractivity contribution >= 4 is 0 Å². The van der Waals surface area contributed by atoms with E-state index in [1.807, 2.05) is 0 Å². The van der Waals surface area contributed by atoms with Gasteiger partial charge in [-0.15, -0.1) is 0 Å². The Morgan fingerprint density at radius 1 is 0.938 bits per heavy atom. The molecule has 2 fully saturated rings. The normalized spacial score (nSPS) is 34.1. The molecule has 1 aliphatic carbocycles. The summed E-state index contributed by atoms with van der Waals surface area (Å²) in [4.78, 5) is 0. The molecule has 0 amide bonds. The third kappa shape index (κ3) is 1.72. The molecule has 1 saturated heterocycles. The molecule has 1 aliphatic heterocycles. The van der Waals surface area contributed by atoms with Crippen LogP contribution in [0.1, 0.15) is 53.4 Å². The van der Waals surface area contributed by atoms with Gasteiger partial charge in [-0.3, -0.25) is 0 Å². The van der Waals surface area contributed by atoms with Crippen LogP contribution in [0.3, 0.4) is 0 Å². The SMILES string of the molecule is CC(C)C1(C(C)C)C2CCCC1CNCC2. The fourth-order valence-corrected chi connectivity index (χ4v) is 5.22. The van der Waals surface area contributed by atoms with Gasteiger partial charge in [-0.2, -0.15) is 0 Å². The van der Waals surface area contributed by atoms with E-state index < -0.39 is 0 Å². The average molecular weight is 223 g/mol. The van der Waals surface area contributed by atoms with E-state index in [1.54, 1.807) is 0 Å². The van der Waals surface area contributed by atoms with Crippen LogP contribution in [-0.2, 0) is 0 Å². The molecule has 1 nitrogen and oxygen atoms in total. The fraction of sp³-hybridized carbons (Fsp3) is 1.00. The number of fused-ring (bicyclic) bond motifs is 2. The van der Waals surface area contributed by atoms with Crippen LogP contribution in [0, 0.1) is 29.1 Å². The van der Waals surface area contributed by atoms with Gasteiger partial charge < -0.3 is 5.32 Å². The maximum Gasteiger partial charge on any atom is -0.00149 e. The smallest absolute Gasteiger partial charge is 0.00149 e. The molecule has 0 spiro atoms. The van der Waals surface area contributed by atoms with E-state index in [4.69, 9.17) is 0 Å². The van der Waals surface area contributed by atoms with Gasteiger partial charge in [0.2, 0.25) is 0 Å². The maximum absolute atomic E-state index is 3.68. The van der Waals surface area contributed by atoms with Crippen molar-refractivity contribution in [2.45, 2.75) is 53.4 Å². The molecule has 0 aromatic heterocycles. The van der Waals surface area contributed by atoms with Crippen molar-refractivity contribution in [3.05, 3.63) is 0 Å². The van der Waals surface area contributed by atoms with Crippen LogP contribution in [0.15, 0.2) is 0 Å². The Bertz CT molecular complexity index is 208. The first-order valence-electron chi connectivity index (χ1n) is 7.30. The molecule has 0 aromatic carbocycles. The largest absolute Gasteiger partial charge is 0.316 e. The second kappa shape index (κ2) is 4.68. The Labute approximate surface area is 101 Å². The zero-order valence-electron chi connectivity index (χ0n) is 11.6. The van der Waals surface area contributed by atoms with Crippen molar-refractivity contribution in [1.82, 2.24) is 5.32 Å². The molecule has 2 unspecified atom stereocenters. The Morgan fingerprint density at radius 2 is 1.56 bits per heavy atom. The van der Waals surface area contributed by atoms with E-state index in [0.29, 0.717) is 5.41 Å². The minimum atomic E-state index is 0.613. The molecule has 0 radical (unpaired) electrons. The quantitative estimate of drug-likeness (QED) is 0.753. The lowest BCUT2D eigenvalue weighted by Gasteiger charge is -2.54. The standard InChI is InChI=1S/C15H29N/c1-11(2)15(12(3)4)13-6-5-7-14(15)10-16-9-8-13/h11-14,16H,5-10H2,1-4H3. The van der Waals surface area contributed by atoms with E-state index in [9.17, 15) is 0 Å².